The fraction of sp³-hybridized carbons (Fsp3) is 0.636. The van der Waals surface area contributed by atoms with Gasteiger partial charge in [-0.05, 0) is 80.9 Å². The lowest BCUT2D eigenvalue weighted by Crippen LogP contribution is -2.30. The standard InChI is InChI=1S/C33H54OSi/c1-6-7-8-9-10-11-12-16-19-30-21-25-32(26-22-30)33-27-23-31(24-28-33)20-17-14-13-15-18-29(2)34-35(3,4)5/h21-29H,6-20H2,1-5H3. The van der Waals surface area contributed by atoms with Crippen LogP contribution < -0.4 is 0 Å². The largest absolute Gasteiger partial charge is 0.415 e. The van der Waals surface area contributed by atoms with Crippen molar-refractivity contribution in [2.24, 2.45) is 0 Å². The van der Waals surface area contributed by atoms with E-state index in [4.69, 9.17) is 4.43 Å². The van der Waals surface area contributed by atoms with E-state index < -0.39 is 8.32 Å². The van der Waals surface area contributed by atoms with Crippen LogP contribution in [0.1, 0.15) is 108 Å². The smallest absolute Gasteiger partial charge is 0.184 e. The van der Waals surface area contributed by atoms with Crippen molar-refractivity contribution in [2.45, 2.75) is 136 Å². The first-order valence-corrected chi connectivity index (χ1v) is 18.1. The minimum atomic E-state index is -1.39. The first-order valence-electron chi connectivity index (χ1n) is 14.7. The summed E-state index contributed by atoms with van der Waals surface area (Å²) in [6.07, 6.45) is 20.4. The van der Waals surface area contributed by atoms with Gasteiger partial charge in [0, 0.05) is 6.10 Å². The van der Waals surface area contributed by atoms with Crippen molar-refractivity contribution in [1.82, 2.24) is 0 Å². The second kappa shape index (κ2) is 17.1. The minimum Gasteiger partial charge on any atom is -0.415 e. The Morgan fingerprint density at radius 1 is 0.571 bits per heavy atom. The van der Waals surface area contributed by atoms with Crippen LogP contribution in [0.15, 0.2) is 48.5 Å². The maximum atomic E-state index is 6.15. The van der Waals surface area contributed by atoms with Gasteiger partial charge >= 0.3 is 0 Å². The van der Waals surface area contributed by atoms with E-state index in [-0.39, 0.29) is 0 Å². The van der Waals surface area contributed by atoms with Gasteiger partial charge in [0.2, 0.25) is 0 Å². The Labute approximate surface area is 219 Å². The molecule has 1 nitrogen and oxygen atoms in total. The van der Waals surface area contributed by atoms with Crippen LogP contribution in [0, 0.1) is 0 Å². The fourth-order valence-electron chi connectivity index (χ4n) is 4.97. The van der Waals surface area contributed by atoms with Crippen LogP contribution in [-0.4, -0.2) is 14.4 Å². The highest BCUT2D eigenvalue weighted by Gasteiger charge is 2.17. The van der Waals surface area contributed by atoms with Crippen molar-refractivity contribution < 1.29 is 4.43 Å². The highest BCUT2D eigenvalue weighted by molar-refractivity contribution is 6.69. The molecule has 196 valence electrons. The molecule has 0 saturated heterocycles. The van der Waals surface area contributed by atoms with E-state index in [2.05, 4.69) is 82.0 Å². The van der Waals surface area contributed by atoms with Gasteiger partial charge in [0.1, 0.15) is 0 Å². The number of hydrogen-bond acceptors (Lipinski definition) is 1. The van der Waals surface area contributed by atoms with Gasteiger partial charge in [0.25, 0.3) is 0 Å². The van der Waals surface area contributed by atoms with E-state index in [1.807, 2.05) is 0 Å². The zero-order valence-electron chi connectivity index (χ0n) is 23.7. The number of hydrogen-bond donors (Lipinski definition) is 0. The van der Waals surface area contributed by atoms with E-state index in [0.29, 0.717) is 6.10 Å². The van der Waals surface area contributed by atoms with E-state index in [1.54, 1.807) is 0 Å². The molecule has 0 bridgehead atoms. The summed E-state index contributed by atoms with van der Waals surface area (Å²) >= 11 is 0. The molecule has 35 heavy (non-hydrogen) atoms. The van der Waals surface area contributed by atoms with Crippen LogP contribution in [0.2, 0.25) is 19.6 Å². The van der Waals surface area contributed by atoms with Gasteiger partial charge in [0.15, 0.2) is 8.32 Å². The molecule has 0 aliphatic rings. The molecule has 0 saturated carbocycles. The lowest BCUT2D eigenvalue weighted by molar-refractivity contribution is 0.199. The first-order chi connectivity index (χ1) is 16.9. The van der Waals surface area contributed by atoms with E-state index in [0.717, 1.165) is 0 Å². The predicted molar refractivity (Wildman–Crippen MR) is 159 cm³/mol. The second-order valence-electron chi connectivity index (χ2n) is 11.6. The molecule has 2 aromatic carbocycles. The van der Waals surface area contributed by atoms with Gasteiger partial charge < -0.3 is 4.43 Å². The van der Waals surface area contributed by atoms with Crippen LogP contribution >= 0.6 is 0 Å². The summed E-state index contributed by atoms with van der Waals surface area (Å²) in [4.78, 5) is 0. The molecule has 0 radical (unpaired) electrons. The van der Waals surface area contributed by atoms with Crippen LogP contribution in [0.25, 0.3) is 11.1 Å². The van der Waals surface area contributed by atoms with Crippen molar-refractivity contribution in [3.63, 3.8) is 0 Å². The van der Waals surface area contributed by atoms with Crippen molar-refractivity contribution in [3.05, 3.63) is 59.7 Å². The molecule has 2 aromatic rings. The quantitative estimate of drug-likeness (QED) is 0.139. The van der Waals surface area contributed by atoms with Gasteiger partial charge in [-0.25, -0.2) is 0 Å². The average molecular weight is 495 g/mol. The maximum Gasteiger partial charge on any atom is 0.184 e. The van der Waals surface area contributed by atoms with Gasteiger partial charge in [-0.1, -0.05) is 120 Å². The summed E-state index contributed by atoms with van der Waals surface area (Å²) in [6.45, 7) is 11.4. The van der Waals surface area contributed by atoms with E-state index in [9.17, 15) is 0 Å². The van der Waals surface area contributed by atoms with E-state index in [1.165, 1.54) is 119 Å². The third-order valence-corrected chi connectivity index (χ3v) is 8.05. The van der Waals surface area contributed by atoms with E-state index >= 15 is 0 Å². The van der Waals surface area contributed by atoms with Crippen LogP contribution in [-0.2, 0) is 17.3 Å². The van der Waals surface area contributed by atoms with Crippen LogP contribution in [0.3, 0.4) is 0 Å². The number of unbranched alkanes of at least 4 members (excludes halogenated alkanes) is 10. The molecule has 0 spiro atoms. The summed E-state index contributed by atoms with van der Waals surface area (Å²) in [6, 6.07) is 18.5. The molecule has 0 heterocycles. The third-order valence-electron chi connectivity index (χ3n) is 6.94. The Morgan fingerprint density at radius 2 is 0.971 bits per heavy atom. The zero-order chi connectivity index (χ0) is 25.4. The Morgan fingerprint density at radius 3 is 1.40 bits per heavy atom. The highest BCUT2D eigenvalue weighted by Crippen LogP contribution is 2.22. The summed E-state index contributed by atoms with van der Waals surface area (Å²) in [7, 11) is -1.39. The Kier molecular flexibility index (Phi) is 14.6. The SMILES string of the molecule is CCCCCCCCCCc1ccc(-c2ccc(CCCCCCC(C)O[Si](C)(C)C)cc2)cc1. The number of benzene rings is 2. The van der Waals surface area contributed by atoms with Crippen molar-refractivity contribution in [1.29, 1.82) is 0 Å². The van der Waals surface area contributed by atoms with Gasteiger partial charge in [0.05, 0.1) is 0 Å². The first kappa shape index (κ1) is 29.8. The van der Waals surface area contributed by atoms with Crippen molar-refractivity contribution in [3.8, 4) is 11.1 Å². The van der Waals surface area contributed by atoms with Gasteiger partial charge in [-0.3, -0.25) is 0 Å². The maximum absolute atomic E-state index is 6.15. The molecule has 0 N–H and O–H groups in total. The molecule has 0 amide bonds. The summed E-state index contributed by atoms with van der Waals surface area (Å²) in [5, 5.41) is 0. The minimum absolute atomic E-state index is 0.424. The monoisotopic (exact) mass is 494 g/mol. The van der Waals surface area contributed by atoms with Gasteiger partial charge in [-0.15, -0.1) is 0 Å². The summed E-state index contributed by atoms with van der Waals surface area (Å²) in [5.74, 6) is 0. The average Bonchev–Trinajstić information content (AvgIpc) is 2.83. The molecular weight excluding hydrogens is 440 g/mol. The third kappa shape index (κ3) is 14.1. The predicted octanol–water partition coefficient (Wildman–Crippen LogP) is 10.8. The Hall–Kier alpha value is -1.38. The molecule has 1 atom stereocenters. The Balaban J connectivity index is 1.61. The molecule has 0 fully saturated rings. The summed E-state index contributed by atoms with van der Waals surface area (Å²) in [5.41, 5.74) is 5.63. The molecule has 0 aliphatic carbocycles. The lowest BCUT2D eigenvalue weighted by atomic mass is 9.98. The lowest BCUT2D eigenvalue weighted by Gasteiger charge is -2.23. The van der Waals surface area contributed by atoms with Crippen molar-refractivity contribution >= 4 is 8.32 Å². The molecule has 0 aliphatic heterocycles. The topological polar surface area (TPSA) is 9.23 Å². The van der Waals surface area contributed by atoms with Crippen LogP contribution in [0.4, 0.5) is 0 Å². The van der Waals surface area contributed by atoms with Crippen molar-refractivity contribution in [2.75, 3.05) is 0 Å². The molecule has 0 aromatic heterocycles. The second-order valence-corrected chi connectivity index (χ2v) is 16.1. The molecule has 2 rings (SSSR count). The normalized spacial score (nSPS) is 12.7. The zero-order valence-corrected chi connectivity index (χ0v) is 24.7. The number of rotatable bonds is 19. The van der Waals surface area contributed by atoms with Crippen LogP contribution in [0.5, 0.6) is 0 Å². The highest BCUT2D eigenvalue weighted by atomic mass is 28.4. The molecule has 1 unspecified atom stereocenters. The fourth-order valence-corrected chi connectivity index (χ4v) is 6.29. The van der Waals surface area contributed by atoms with Gasteiger partial charge in [-0.2, -0.15) is 0 Å². The molecular formula is C33H54OSi. The molecule has 2 heteroatoms. The summed E-state index contributed by atoms with van der Waals surface area (Å²) < 4.78 is 6.15. The number of aryl methyl sites for hydroxylation is 2. The Bertz CT molecular complexity index is 772.